The molecule has 378 valence electrons. The molecule has 14 nitrogen and oxygen atoms in total. The number of carbonyl (C=O) groups is 1. The van der Waals surface area contributed by atoms with Crippen molar-refractivity contribution in [2.45, 2.75) is 235 Å². The predicted molar refractivity (Wildman–Crippen MR) is 252 cm³/mol. The van der Waals surface area contributed by atoms with Gasteiger partial charge >= 0.3 is 5.97 Å². The maximum absolute atomic E-state index is 13.0. The summed E-state index contributed by atoms with van der Waals surface area (Å²) in [5, 5.41) is 72.1. The van der Waals surface area contributed by atoms with E-state index >= 15 is 0 Å². The Kier molecular flexibility index (Phi) is 35.3. The molecule has 0 bridgehead atoms. The molecule has 2 fully saturated rings. The maximum Gasteiger partial charge on any atom is 0.306 e. The van der Waals surface area contributed by atoms with Gasteiger partial charge in [0.1, 0.15) is 54.9 Å². The molecule has 2 aliphatic rings. The van der Waals surface area contributed by atoms with Gasteiger partial charge in [-0.3, -0.25) is 4.79 Å². The molecule has 65 heavy (non-hydrogen) atoms. The van der Waals surface area contributed by atoms with Gasteiger partial charge in [0.15, 0.2) is 12.6 Å². The number of unbranched alkanes of at least 4 members (excludes halogenated alkanes) is 17. The molecule has 0 spiro atoms. The summed E-state index contributed by atoms with van der Waals surface area (Å²) in [7, 11) is 0. The van der Waals surface area contributed by atoms with Gasteiger partial charge in [-0.1, -0.05) is 140 Å². The van der Waals surface area contributed by atoms with Crippen LogP contribution in [0, 0.1) is 0 Å². The van der Waals surface area contributed by atoms with Gasteiger partial charge in [0.2, 0.25) is 0 Å². The van der Waals surface area contributed by atoms with Crippen LogP contribution in [-0.2, 0) is 33.2 Å². The Bertz CT molecular complexity index is 1260. The zero-order valence-electron chi connectivity index (χ0n) is 40.0. The molecule has 2 aliphatic heterocycles. The fraction of sp³-hybridized carbons (Fsp3) is 0.824. The molecule has 0 aromatic carbocycles. The lowest BCUT2D eigenvalue weighted by Crippen LogP contribution is -2.61. The summed E-state index contributed by atoms with van der Waals surface area (Å²) in [5.74, 6) is -0.391. The zero-order valence-corrected chi connectivity index (χ0v) is 40.0. The molecule has 7 N–H and O–H groups in total. The third-order valence-corrected chi connectivity index (χ3v) is 11.8. The Hall–Kier alpha value is -2.05. The van der Waals surface area contributed by atoms with Gasteiger partial charge in [0, 0.05) is 13.0 Å². The molecule has 2 heterocycles. The van der Waals surface area contributed by atoms with E-state index in [-0.39, 0.29) is 19.6 Å². The van der Waals surface area contributed by atoms with Crippen molar-refractivity contribution >= 4 is 5.97 Å². The Labute approximate surface area is 391 Å². The lowest BCUT2D eigenvalue weighted by atomic mass is 9.98. The molecule has 2 rings (SSSR count). The van der Waals surface area contributed by atoms with Gasteiger partial charge in [0.25, 0.3) is 0 Å². The van der Waals surface area contributed by atoms with Crippen LogP contribution in [0.3, 0.4) is 0 Å². The largest absolute Gasteiger partial charge is 0.457 e. The molecule has 14 heteroatoms. The standard InChI is InChI=1S/C51H90O14/c1-3-5-7-9-11-13-15-17-19-20-21-22-24-26-28-30-32-34-43(53)63-40(37-60-35-33-31-29-27-25-23-18-16-14-12-10-8-6-4-2)38-61-50-49(59)47(57)45(55)42(65-50)39-62-51-48(58)46(56)44(54)41(36-52)64-51/h6,8,12,14,17-19,23,40-42,44-52,54-59H,3-5,7,9-11,13,15-16,20-22,24-39H2,1-2H3/b8-6-,14-12-,19-17-,23-18-. The van der Waals surface area contributed by atoms with Gasteiger partial charge in [-0.05, 0) is 70.6 Å². The van der Waals surface area contributed by atoms with Crippen LogP contribution in [0.1, 0.15) is 168 Å². The van der Waals surface area contributed by atoms with Gasteiger partial charge in [-0.25, -0.2) is 0 Å². The first-order valence-corrected chi connectivity index (χ1v) is 25.2. The normalized spacial score (nSPS) is 26.9. The topological polar surface area (TPSA) is 214 Å². The molecular formula is C51H90O14. The second-order valence-corrected chi connectivity index (χ2v) is 17.6. The third-order valence-electron chi connectivity index (χ3n) is 11.8. The van der Waals surface area contributed by atoms with Crippen molar-refractivity contribution in [1.29, 1.82) is 0 Å². The Morgan fingerprint density at radius 3 is 1.58 bits per heavy atom. The first kappa shape index (κ1) is 59.1. The molecule has 0 radical (unpaired) electrons. The van der Waals surface area contributed by atoms with Crippen LogP contribution < -0.4 is 0 Å². The van der Waals surface area contributed by atoms with Crippen LogP contribution in [0.15, 0.2) is 48.6 Å². The Balaban J connectivity index is 1.79. The summed E-state index contributed by atoms with van der Waals surface area (Å²) in [6.45, 7) is 3.50. The Morgan fingerprint density at radius 1 is 0.523 bits per heavy atom. The van der Waals surface area contributed by atoms with E-state index in [0.29, 0.717) is 13.0 Å². The van der Waals surface area contributed by atoms with Crippen LogP contribution >= 0.6 is 0 Å². The number of aliphatic hydroxyl groups is 7. The molecule has 11 atom stereocenters. The van der Waals surface area contributed by atoms with Gasteiger partial charge in [0.05, 0.1) is 26.4 Å². The smallest absolute Gasteiger partial charge is 0.306 e. The number of hydrogen-bond acceptors (Lipinski definition) is 14. The highest BCUT2D eigenvalue weighted by atomic mass is 16.7. The van der Waals surface area contributed by atoms with Crippen molar-refractivity contribution in [3.63, 3.8) is 0 Å². The summed E-state index contributed by atoms with van der Waals surface area (Å²) < 4.78 is 34.2. The first-order valence-electron chi connectivity index (χ1n) is 25.2. The van der Waals surface area contributed by atoms with E-state index in [1.54, 1.807) is 0 Å². The van der Waals surface area contributed by atoms with Crippen molar-refractivity contribution in [2.75, 3.05) is 33.0 Å². The maximum atomic E-state index is 13.0. The van der Waals surface area contributed by atoms with Crippen molar-refractivity contribution < 1.29 is 69.0 Å². The van der Waals surface area contributed by atoms with E-state index in [9.17, 15) is 40.5 Å². The van der Waals surface area contributed by atoms with E-state index in [4.69, 9.17) is 28.4 Å². The number of ether oxygens (including phenoxy) is 6. The molecule has 0 amide bonds. The lowest BCUT2D eigenvalue weighted by Gasteiger charge is -2.42. The van der Waals surface area contributed by atoms with E-state index in [1.807, 2.05) is 0 Å². The molecule has 0 saturated carbocycles. The van der Waals surface area contributed by atoms with Crippen molar-refractivity contribution in [2.24, 2.45) is 0 Å². The van der Waals surface area contributed by atoms with Gasteiger partial charge < -0.3 is 64.2 Å². The fourth-order valence-corrected chi connectivity index (χ4v) is 7.70. The van der Waals surface area contributed by atoms with E-state index in [0.717, 1.165) is 77.0 Å². The minimum absolute atomic E-state index is 0.0438. The van der Waals surface area contributed by atoms with Crippen molar-refractivity contribution in [3.8, 4) is 0 Å². The summed E-state index contributed by atoms with van der Waals surface area (Å²) in [6, 6.07) is 0. The van der Waals surface area contributed by atoms with Crippen LogP contribution in [0.25, 0.3) is 0 Å². The van der Waals surface area contributed by atoms with Crippen molar-refractivity contribution in [1.82, 2.24) is 0 Å². The number of allylic oxidation sites excluding steroid dienone is 8. The monoisotopic (exact) mass is 927 g/mol. The summed E-state index contributed by atoms with van der Waals surface area (Å²) in [6.07, 6.45) is 27.5. The second kappa shape index (κ2) is 38.9. The Morgan fingerprint density at radius 2 is 1.00 bits per heavy atom. The average molecular weight is 927 g/mol. The number of esters is 1. The van der Waals surface area contributed by atoms with Crippen LogP contribution in [-0.4, -0.2) is 142 Å². The van der Waals surface area contributed by atoms with Gasteiger partial charge in [-0.2, -0.15) is 0 Å². The highest BCUT2D eigenvalue weighted by Gasteiger charge is 2.47. The summed E-state index contributed by atoms with van der Waals surface area (Å²) in [5.41, 5.74) is 0. The molecule has 0 aromatic rings. The number of aliphatic hydroxyl groups excluding tert-OH is 7. The van der Waals surface area contributed by atoms with Crippen LogP contribution in [0.5, 0.6) is 0 Å². The minimum Gasteiger partial charge on any atom is -0.457 e. The van der Waals surface area contributed by atoms with Crippen molar-refractivity contribution in [3.05, 3.63) is 48.6 Å². The molecule has 2 saturated heterocycles. The third kappa shape index (κ3) is 26.9. The lowest BCUT2D eigenvalue weighted by molar-refractivity contribution is -0.332. The number of carbonyl (C=O) groups excluding carboxylic acids is 1. The second-order valence-electron chi connectivity index (χ2n) is 17.6. The highest BCUT2D eigenvalue weighted by Crippen LogP contribution is 2.26. The van der Waals surface area contributed by atoms with Gasteiger partial charge in [-0.15, -0.1) is 0 Å². The number of rotatable bonds is 39. The van der Waals surface area contributed by atoms with E-state index in [2.05, 4.69) is 62.5 Å². The minimum atomic E-state index is -1.71. The van der Waals surface area contributed by atoms with E-state index in [1.165, 1.54) is 64.2 Å². The SMILES string of the molecule is CC/C=C\C/C=C\C/C=C\CCCCCCOCC(COC1OC(COC2OC(CO)C(O)C(O)C2O)C(O)C(O)C1O)OC(=O)CCCCCCCCC/C=C\CCCCCCCC. The summed E-state index contributed by atoms with van der Waals surface area (Å²) >= 11 is 0. The average Bonchev–Trinajstić information content (AvgIpc) is 3.30. The van der Waals surface area contributed by atoms with Crippen LogP contribution in [0.2, 0.25) is 0 Å². The van der Waals surface area contributed by atoms with Crippen LogP contribution in [0.4, 0.5) is 0 Å². The highest BCUT2D eigenvalue weighted by molar-refractivity contribution is 5.69. The molecule has 0 aliphatic carbocycles. The first-order chi connectivity index (χ1) is 31.6. The molecule has 0 aromatic heterocycles. The predicted octanol–water partition coefficient (Wildman–Crippen LogP) is 7.18. The zero-order chi connectivity index (χ0) is 47.3. The fourth-order valence-electron chi connectivity index (χ4n) is 7.70. The number of hydrogen-bond donors (Lipinski definition) is 7. The quantitative estimate of drug-likeness (QED) is 0.0185. The molecular weight excluding hydrogens is 837 g/mol. The summed E-state index contributed by atoms with van der Waals surface area (Å²) in [4.78, 5) is 13.0. The molecule has 11 unspecified atom stereocenters. The van der Waals surface area contributed by atoms with E-state index < -0.39 is 86.7 Å².